The zero-order chi connectivity index (χ0) is 11.5. The molecule has 0 aromatic rings. The number of hydrogen-bond donors (Lipinski definition) is 0. The summed E-state index contributed by atoms with van der Waals surface area (Å²) in [4.78, 5) is 6.92. The molecule has 0 bridgehead atoms. The molecular formula is C13H22N2. The van der Waals surface area contributed by atoms with Gasteiger partial charge in [-0.05, 0) is 19.9 Å². The second-order valence-electron chi connectivity index (χ2n) is 5.18. The molecule has 84 valence electrons. The lowest BCUT2D eigenvalue weighted by Crippen LogP contribution is -2.40. The molecule has 0 aromatic carbocycles. The van der Waals surface area contributed by atoms with Gasteiger partial charge in [0.1, 0.15) is 5.84 Å². The van der Waals surface area contributed by atoms with Crippen LogP contribution in [0.2, 0.25) is 0 Å². The van der Waals surface area contributed by atoms with Crippen LogP contribution in [0.1, 0.15) is 34.6 Å². The van der Waals surface area contributed by atoms with Crippen molar-refractivity contribution in [2.75, 3.05) is 6.54 Å². The number of rotatable bonds is 1. The first-order valence-electron chi connectivity index (χ1n) is 5.59. The summed E-state index contributed by atoms with van der Waals surface area (Å²) in [6.45, 7) is 11.8. The molecule has 0 aliphatic carbocycles. The highest BCUT2D eigenvalue weighted by atomic mass is 15.2. The molecule has 2 heteroatoms. The zero-order valence-electron chi connectivity index (χ0n) is 10.5. The topological polar surface area (TPSA) is 15.6 Å². The van der Waals surface area contributed by atoms with E-state index in [2.05, 4.69) is 68.9 Å². The third-order valence-corrected chi connectivity index (χ3v) is 2.31. The van der Waals surface area contributed by atoms with E-state index in [0.717, 1.165) is 12.4 Å². The lowest BCUT2D eigenvalue weighted by molar-refractivity contribution is 0.398. The van der Waals surface area contributed by atoms with Gasteiger partial charge in [-0.15, -0.1) is 0 Å². The quantitative estimate of drug-likeness (QED) is 0.643. The van der Waals surface area contributed by atoms with Crippen LogP contribution in [0.4, 0.5) is 0 Å². The molecule has 0 fully saturated rings. The van der Waals surface area contributed by atoms with E-state index in [0.29, 0.717) is 6.04 Å². The SMILES string of the molecule is CC(C)N1/C=C\C=C/CN=C1C(C)(C)C. The van der Waals surface area contributed by atoms with E-state index in [1.54, 1.807) is 0 Å². The maximum atomic E-state index is 4.66. The standard InChI is InChI=1S/C13H22N2/c1-11(2)15-10-8-6-7-9-14-12(15)13(3,4)5/h6-8,10-11H,9H2,1-5H3/b7-6-,10-8-,14-12?. The van der Waals surface area contributed by atoms with E-state index in [1.807, 2.05) is 0 Å². The van der Waals surface area contributed by atoms with Gasteiger partial charge in [0.15, 0.2) is 0 Å². The third kappa shape index (κ3) is 3.22. The number of hydrogen-bond acceptors (Lipinski definition) is 2. The first kappa shape index (κ1) is 12.0. The molecule has 0 saturated heterocycles. The number of allylic oxidation sites excluding steroid dienone is 2. The molecule has 1 heterocycles. The Bertz CT molecular complexity index is 290. The summed E-state index contributed by atoms with van der Waals surface area (Å²) in [5.41, 5.74) is 0.0970. The highest BCUT2D eigenvalue weighted by Gasteiger charge is 2.25. The van der Waals surface area contributed by atoms with Crippen LogP contribution in [-0.2, 0) is 0 Å². The summed E-state index contributed by atoms with van der Waals surface area (Å²) >= 11 is 0. The second-order valence-corrected chi connectivity index (χ2v) is 5.18. The largest absolute Gasteiger partial charge is 0.334 e. The van der Waals surface area contributed by atoms with Crippen molar-refractivity contribution in [3.05, 3.63) is 24.4 Å². The highest BCUT2D eigenvalue weighted by molar-refractivity contribution is 5.88. The predicted molar refractivity (Wildman–Crippen MR) is 67.0 cm³/mol. The Morgan fingerprint density at radius 1 is 1.27 bits per heavy atom. The fourth-order valence-corrected chi connectivity index (χ4v) is 1.61. The van der Waals surface area contributed by atoms with Gasteiger partial charge in [0.2, 0.25) is 0 Å². The van der Waals surface area contributed by atoms with Crippen LogP contribution in [0.5, 0.6) is 0 Å². The van der Waals surface area contributed by atoms with E-state index < -0.39 is 0 Å². The Kier molecular flexibility index (Phi) is 3.72. The van der Waals surface area contributed by atoms with Crippen LogP contribution >= 0.6 is 0 Å². The molecule has 0 spiro atoms. The van der Waals surface area contributed by atoms with Crippen molar-refractivity contribution < 1.29 is 0 Å². The molecule has 1 rings (SSSR count). The molecule has 0 N–H and O–H groups in total. The lowest BCUT2D eigenvalue weighted by Gasteiger charge is -2.34. The third-order valence-electron chi connectivity index (χ3n) is 2.31. The molecule has 1 aliphatic rings. The van der Waals surface area contributed by atoms with Gasteiger partial charge in [-0.1, -0.05) is 32.9 Å². The van der Waals surface area contributed by atoms with Crippen molar-refractivity contribution in [1.82, 2.24) is 4.90 Å². The minimum Gasteiger partial charge on any atom is -0.334 e. The maximum Gasteiger partial charge on any atom is 0.109 e. The molecule has 1 aliphatic heterocycles. The molecule has 15 heavy (non-hydrogen) atoms. The minimum atomic E-state index is 0.0970. The van der Waals surface area contributed by atoms with Gasteiger partial charge in [0.05, 0.1) is 6.54 Å². The van der Waals surface area contributed by atoms with Crippen molar-refractivity contribution >= 4 is 5.84 Å². The molecule has 0 amide bonds. The van der Waals surface area contributed by atoms with Crippen LogP contribution in [0.15, 0.2) is 29.4 Å². The molecule has 0 aromatic heterocycles. The molecule has 0 radical (unpaired) electrons. The maximum absolute atomic E-state index is 4.66. The zero-order valence-corrected chi connectivity index (χ0v) is 10.5. The van der Waals surface area contributed by atoms with Gasteiger partial charge in [0, 0.05) is 17.7 Å². The summed E-state index contributed by atoms with van der Waals surface area (Å²) in [6, 6.07) is 0.450. The van der Waals surface area contributed by atoms with Gasteiger partial charge in [-0.25, -0.2) is 0 Å². The first-order valence-corrected chi connectivity index (χ1v) is 5.59. The summed E-state index contributed by atoms with van der Waals surface area (Å²) in [6.07, 6.45) is 8.34. The number of nitrogens with zero attached hydrogens (tertiary/aromatic N) is 2. The van der Waals surface area contributed by atoms with E-state index in [4.69, 9.17) is 0 Å². The fourth-order valence-electron chi connectivity index (χ4n) is 1.61. The van der Waals surface area contributed by atoms with E-state index in [1.165, 1.54) is 0 Å². The van der Waals surface area contributed by atoms with Crippen LogP contribution in [0.3, 0.4) is 0 Å². The minimum absolute atomic E-state index is 0.0970. The molecule has 0 unspecified atom stereocenters. The average molecular weight is 206 g/mol. The summed E-state index contributed by atoms with van der Waals surface area (Å²) in [7, 11) is 0. The average Bonchev–Trinajstić information content (AvgIpc) is 1.99. The van der Waals surface area contributed by atoms with Gasteiger partial charge >= 0.3 is 0 Å². The van der Waals surface area contributed by atoms with Crippen LogP contribution in [0, 0.1) is 5.41 Å². The second kappa shape index (κ2) is 4.65. The Hall–Kier alpha value is -1.05. The monoisotopic (exact) mass is 206 g/mol. The van der Waals surface area contributed by atoms with Gasteiger partial charge in [0.25, 0.3) is 0 Å². The van der Waals surface area contributed by atoms with Crippen molar-refractivity contribution in [1.29, 1.82) is 0 Å². The van der Waals surface area contributed by atoms with E-state index in [9.17, 15) is 0 Å². The van der Waals surface area contributed by atoms with Crippen molar-refractivity contribution in [2.24, 2.45) is 10.4 Å². The normalized spacial score (nSPS) is 22.0. The van der Waals surface area contributed by atoms with E-state index >= 15 is 0 Å². The molecule has 2 nitrogen and oxygen atoms in total. The van der Waals surface area contributed by atoms with Gasteiger partial charge in [-0.3, -0.25) is 4.99 Å². The van der Waals surface area contributed by atoms with Crippen molar-refractivity contribution in [3.8, 4) is 0 Å². The highest BCUT2D eigenvalue weighted by Crippen LogP contribution is 2.22. The van der Waals surface area contributed by atoms with E-state index in [-0.39, 0.29) is 5.41 Å². The summed E-state index contributed by atoms with van der Waals surface area (Å²) in [5, 5.41) is 0. The molecule has 0 atom stereocenters. The number of aliphatic imine (C=N–C) groups is 1. The van der Waals surface area contributed by atoms with Crippen LogP contribution < -0.4 is 0 Å². The van der Waals surface area contributed by atoms with Gasteiger partial charge in [-0.2, -0.15) is 0 Å². The lowest BCUT2D eigenvalue weighted by atomic mass is 9.93. The Morgan fingerprint density at radius 3 is 2.47 bits per heavy atom. The smallest absolute Gasteiger partial charge is 0.109 e. The molecular weight excluding hydrogens is 184 g/mol. The molecule has 0 saturated carbocycles. The Balaban J connectivity index is 3.06. The summed E-state index contributed by atoms with van der Waals surface area (Å²) in [5.74, 6) is 1.16. The summed E-state index contributed by atoms with van der Waals surface area (Å²) < 4.78 is 0. The van der Waals surface area contributed by atoms with Crippen LogP contribution in [0.25, 0.3) is 0 Å². The predicted octanol–water partition coefficient (Wildman–Crippen LogP) is 3.22. The Labute approximate surface area is 93.4 Å². The Morgan fingerprint density at radius 2 is 1.93 bits per heavy atom. The first-order chi connectivity index (χ1) is 6.93. The fraction of sp³-hybridized carbons (Fsp3) is 0.615. The van der Waals surface area contributed by atoms with Crippen LogP contribution in [-0.4, -0.2) is 23.3 Å². The van der Waals surface area contributed by atoms with Crippen molar-refractivity contribution in [2.45, 2.75) is 40.7 Å². The van der Waals surface area contributed by atoms with Gasteiger partial charge < -0.3 is 4.90 Å². The number of amidine groups is 1. The van der Waals surface area contributed by atoms with Crippen molar-refractivity contribution in [3.63, 3.8) is 0 Å².